The number of hydrogen-bond acceptors (Lipinski definition) is 8. The first kappa shape index (κ1) is 19.2. The molecule has 0 spiro atoms. The van der Waals surface area contributed by atoms with Crippen molar-refractivity contribution < 1.29 is 23.6 Å². The molecule has 0 fully saturated rings. The molecule has 4 rings (SSSR count). The van der Waals surface area contributed by atoms with E-state index in [2.05, 4.69) is 20.2 Å². The summed E-state index contributed by atoms with van der Waals surface area (Å²) in [6.07, 6.45) is 2.58. The van der Waals surface area contributed by atoms with Gasteiger partial charge < -0.3 is 14.4 Å². The number of aromatic nitrogens is 5. The normalized spacial score (nSPS) is 10.9. The van der Waals surface area contributed by atoms with Crippen molar-refractivity contribution in [2.24, 2.45) is 0 Å². The van der Waals surface area contributed by atoms with E-state index in [0.29, 0.717) is 22.6 Å². The third-order valence-electron chi connectivity index (χ3n) is 4.25. The van der Waals surface area contributed by atoms with E-state index < -0.39 is 11.8 Å². The van der Waals surface area contributed by atoms with Crippen molar-refractivity contribution in [2.75, 3.05) is 6.61 Å². The number of carbonyl (C=O) groups is 1. The smallest absolute Gasteiger partial charge is 0.345 e. The molecule has 3 aromatic heterocycles. The molecule has 30 heavy (non-hydrogen) atoms. The molecule has 9 nitrogen and oxygen atoms in total. The number of rotatable bonds is 6. The number of nitrogens with zero attached hydrogens (tertiary/aromatic N) is 5. The highest BCUT2D eigenvalue weighted by Gasteiger charge is 2.20. The maximum absolute atomic E-state index is 14.1. The van der Waals surface area contributed by atoms with Crippen molar-refractivity contribution in [3.8, 4) is 28.8 Å². The second kappa shape index (κ2) is 8.11. The van der Waals surface area contributed by atoms with Crippen LogP contribution >= 0.6 is 0 Å². The lowest BCUT2D eigenvalue weighted by atomic mass is 10.2. The predicted molar refractivity (Wildman–Crippen MR) is 102 cm³/mol. The Morgan fingerprint density at radius 2 is 2.10 bits per heavy atom. The van der Waals surface area contributed by atoms with Crippen LogP contribution in [0, 0.1) is 5.82 Å². The molecule has 0 saturated heterocycles. The summed E-state index contributed by atoms with van der Waals surface area (Å²) < 4.78 is 25.4. The Morgan fingerprint density at radius 1 is 1.27 bits per heavy atom. The largest absolute Gasteiger partial charge is 0.493 e. The Morgan fingerprint density at radius 3 is 2.80 bits per heavy atom. The zero-order valence-electron chi connectivity index (χ0n) is 15.8. The first-order valence-corrected chi connectivity index (χ1v) is 9.02. The van der Waals surface area contributed by atoms with Crippen LogP contribution < -0.4 is 0 Å². The quantitative estimate of drug-likeness (QED) is 0.483. The lowest BCUT2D eigenvalue weighted by molar-refractivity contribution is 0.0521. The van der Waals surface area contributed by atoms with Crippen LogP contribution in [0.3, 0.4) is 0 Å². The summed E-state index contributed by atoms with van der Waals surface area (Å²) in [7, 11) is 0. The maximum atomic E-state index is 14.1. The van der Waals surface area contributed by atoms with Gasteiger partial charge in [-0.2, -0.15) is 10.1 Å². The van der Waals surface area contributed by atoms with Gasteiger partial charge in [0.1, 0.15) is 29.0 Å². The fraction of sp³-hybridized carbons (Fsp3) is 0.150. The van der Waals surface area contributed by atoms with Gasteiger partial charge in [0.2, 0.25) is 5.88 Å². The molecule has 152 valence electrons. The molecule has 1 aromatic carbocycles. The standard InChI is InChI=1S/C20H16FN5O4/c1-2-29-20(28)13-10-22-18(23-19(13)27)16-9-17(15-7-8-30-25-15)26(24-16)11-12-5-3-4-6-14(12)21/h3-10H,2,11H2,1H3,(H,22,23,27). The van der Waals surface area contributed by atoms with Gasteiger partial charge in [-0.15, -0.1) is 0 Å². The summed E-state index contributed by atoms with van der Waals surface area (Å²) in [4.78, 5) is 19.9. The van der Waals surface area contributed by atoms with Gasteiger partial charge in [0.25, 0.3) is 0 Å². The molecule has 0 unspecified atom stereocenters. The number of hydrogen-bond donors (Lipinski definition) is 1. The van der Waals surface area contributed by atoms with Crippen LogP contribution in [0.2, 0.25) is 0 Å². The van der Waals surface area contributed by atoms with E-state index in [4.69, 9.17) is 9.26 Å². The molecule has 10 heteroatoms. The van der Waals surface area contributed by atoms with Gasteiger partial charge in [0.15, 0.2) is 5.82 Å². The highest BCUT2D eigenvalue weighted by molar-refractivity contribution is 5.91. The summed E-state index contributed by atoms with van der Waals surface area (Å²) in [5.74, 6) is -1.54. The molecule has 0 atom stereocenters. The zero-order valence-corrected chi connectivity index (χ0v) is 15.8. The molecular formula is C20H16FN5O4. The van der Waals surface area contributed by atoms with Crippen LogP contribution in [0.4, 0.5) is 4.39 Å². The summed E-state index contributed by atoms with van der Waals surface area (Å²) in [5, 5.41) is 18.5. The fourth-order valence-corrected chi connectivity index (χ4v) is 2.83. The van der Waals surface area contributed by atoms with Crippen LogP contribution in [-0.2, 0) is 11.3 Å². The fourth-order valence-electron chi connectivity index (χ4n) is 2.83. The van der Waals surface area contributed by atoms with Crippen LogP contribution in [0.5, 0.6) is 5.88 Å². The molecular weight excluding hydrogens is 393 g/mol. The SMILES string of the molecule is CCOC(=O)c1cnc(-c2cc(-c3ccon3)n(Cc3ccccc3F)n2)nc1O. The molecule has 0 bridgehead atoms. The van der Waals surface area contributed by atoms with E-state index in [1.54, 1.807) is 37.3 Å². The van der Waals surface area contributed by atoms with Gasteiger partial charge >= 0.3 is 5.97 Å². The minimum atomic E-state index is -0.727. The molecule has 3 heterocycles. The molecule has 0 saturated carbocycles. The molecule has 0 aliphatic heterocycles. The van der Waals surface area contributed by atoms with E-state index in [0.717, 1.165) is 0 Å². The van der Waals surface area contributed by atoms with Crippen molar-refractivity contribution >= 4 is 5.97 Å². The number of ether oxygens (including phenoxy) is 1. The number of benzene rings is 1. The van der Waals surface area contributed by atoms with Crippen molar-refractivity contribution in [3.05, 3.63) is 65.8 Å². The lowest BCUT2D eigenvalue weighted by Gasteiger charge is -2.06. The molecule has 0 aliphatic rings. The van der Waals surface area contributed by atoms with E-state index in [9.17, 15) is 14.3 Å². The third kappa shape index (κ3) is 3.75. The van der Waals surface area contributed by atoms with E-state index >= 15 is 0 Å². The van der Waals surface area contributed by atoms with Crippen molar-refractivity contribution in [2.45, 2.75) is 13.5 Å². The average Bonchev–Trinajstić information content (AvgIpc) is 3.39. The minimum Gasteiger partial charge on any atom is -0.493 e. The monoisotopic (exact) mass is 409 g/mol. The molecule has 0 radical (unpaired) electrons. The summed E-state index contributed by atoms with van der Waals surface area (Å²) in [5.41, 5.74) is 1.61. The van der Waals surface area contributed by atoms with Gasteiger partial charge in [-0.25, -0.2) is 14.2 Å². The van der Waals surface area contributed by atoms with Crippen LogP contribution in [0.25, 0.3) is 22.9 Å². The summed E-state index contributed by atoms with van der Waals surface area (Å²) in [6.45, 7) is 1.93. The lowest BCUT2D eigenvalue weighted by Crippen LogP contribution is -2.07. The topological polar surface area (TPSA) is 116 Å². The van der Waals surface area contributed by atoms with Crippen molar-refractivity contribution in [3.63, 3.8) is 0 Å². The van der Waals surface area contributed by atoms with Crippen molar-refractivity contribution in [1.29, 1.82) is 0 Å². The average molecular weight is 409 g/mol. The number of halogens is 1. The number of carbonyl (C=O) groups excluding carboxylic acids is 1. The highest BCUT2D eigenvalue weighted by Crippen LogP contribution is 2.26. The second-order valence-corrected chi connectivity index (χ2v) is 6.20. The molecule has 4 aromatic rings. The summed E-state index contributed by atoms with van der Waals surface area (Å²) in [6, 6.07) is 9.63. The van der Waals surface area contributed by atoms with Crippen LogP contribution in [-0.4, -0.2) is 42.6 Å². The van der Waals surface area contributed by atoms with Gasteiger partial charge in [-0.3, -0.25) is 4.68 Å². The zero-order chi connectivity index (χ0) is 21.1. The number of esters is 1. The maximum Gasteiger partial charge on any atom is 0.345 e. The third-order valence-corrected chi connectivity index (χ3v) is 4.25. The van der Waals surface area contributed by atoms with Gasteiger partial charge in [-0.1, -0.05) is 23.4 Å². The van der Waals surface area contributed by atoms with E-state index in [-0.39, 0.29) is 30.4 Å². The van der Waals surface area contributed by atoms with Crippen LogP contribution in [0.1, 0.15) is 22.8 Å². The van der Waals surface area contributed by atoms with Gasteiger partial charge in [-0.05, 0) is 19.1 Å². The van der Waals surface area contributed by atoms with Crippen LogP contribution in [0.15, 0.2) is 53.4 Å². The van der Waals surface area contributed by atoms with E-state index in [1.165, 1.54) is 23.2 Å². The highest BCUT2D eigenvalue weighted by atomic mass is 19.1. The Bertz CT molecular complexity index is 1190. The Hall–Kier alpha value is -4.08. The first-order chi connectivity index (χ1) is 14.6. The first-order valence-electron chi connectivity index (χ1n) is 9.02. The van der Waals surface area contributed by atoms with Gasteiger partial charge in [0.05, 0.1) is 18.8 Å². The molecule has 0 amide bonds. The summed E-state index contributed by atoms with van der Waals surface area (Å²) >= 11 is 0. The Balaban J connectivity index is 1.74. The Kier molecular flexibility index (Phi) is 5.21. The number of aromatic hydroxyl groups is 1. The van der Waals surface area contributed by atoms with Gasteiger partial charge in [0, 0.05) is 17.8 Å². The van der Waals surface area contributed by atoms with Crippen molar-refractivity contribution in [1.82, 2.24) is 24.9 Å². The molecule has 0 aliphatic carbocycles. The van der Waals surface area contributed by atoms with E-state index in [1.807, 2.05) is 0 Å². The molecule has 1 N–H and O–H groups in total. The second-order valence-electron chi connectivity index (χ2n) is 6.20. The minimum absolute atomic E-state index is 0.0811. The predicted octanol–water partition coefficient (Wildman–Crippen LogP) is 3.06. The Labute approximate surface area is 169 Å².